The van der Waals surface area contributed by atoms with Gasteiger partial charge in [0.05, 0.1) is 12.3 Å². The van der Waals surface area contributed by atoms with Crippen LogP contribution < -0.4 is 0 Å². The number of hydrogen-bond donors (Lipinski definition) is 0. The quantitative estimate of drug-likeness (QED) is 0.823. The number of rotatable bonds is 5. The lowest BCUT2D eigenvalue weighted by atomic mass is 10.0. The molecule has 1 aliphatic heterocycles. The average Bonchev–Trinajstić information content (AvgIpc) is 2.79. The summed E-state index contributed by atoms with van der Waals surface area (Å²) in [7, 11) is -1.48. The minimum absolute atomic E-state index is 0.0268. The predicted octanol–water partition coefficient (Wildman–Crippen LogP) is 1.42. The Morgan fingerprint density at radius 3 is 2.64 bits per heavy atom. The predicted molar refractivity (Wildman–Crippen MR) is 87.1 cm³/mol. The molecule has 5 nitrogen and oxygen atoms in total. The van der Waals surface area contributed by atoms with Gasteiger partial charge in [0.25, 0.3) is 0 Å². The monoisotopic (exact) mass is 324 g/mol. The van der Waals surface area contributed by atoms with E-state index in [1.165, 1.54) is 15.4 Å². The zero-order valence-electron chi connectivity index (χ0n) is 13.4. The molecule has 0 bridgehead atoms. The third kappa shape index (κ3) is 3.87. The van der Waals surface area contributed by atoms with Gasteiger partial charge in [0.1, 0.15) is 0 Å². The van der Waals surface area contributed by atoms with Crippen LogP contribution in [0.3, 0.4) is 0 Å². The molecule has 1 fully saturated rings. The summed E-state index contributed by atoms with van der Waals surface area (Å²) in [6, 6.07) is 8.14. The number of sulfonamides is 1. The minimum Gasteiger partial charge on any atom is -0.342 e. The molecule has 1 saturated heterocycles. The SMILES string of the molecule is Cc1ccccc1C[C@H](C)N(C)C(=O)CN1CCCS1(=O)=O. The highest BCUT2D eigenvalue weighted by molar-refractivity contribution is 7.89. The fraction of sp³-hybridized carbons (Fsp3) is 0.562. The lowest BCUT2D eigenvalue weighted by Crippen LogP contribution is -2.43. The Labute approximate surface area is 133 Å². The van der Waals surface area contributed by atoms with Crippen LogP contribution in [0.2, 0.25) is 0 Å². The van der Waals surface area contributed by atoms with Gasteiger partial charge in [0.2, 0.25) is 15.9 Å². The van der Waals surface area contributed by atoms with Gasteiger partial charge >= 0.3 is 0 Å². The lowest BCUT2D eigenvalue weighted by Gasteiger charge is -2.27. The van der Waals surface area contributed by atoms with Crippen LogP contribution in [0.1, 0.15) is 24.5 Å². The van der Waals surface area contributed by atoms with E-state index in [9.17, 15) is 13.2 Å². The largest absolute Gasteiger partial charge is 0.342 e. The number of likely N-dealkylation sites (N-methyl/N-ethyl adjacent to an activating group) is 1. The molecule has 0 aromatic heterocycles. The fourth-order valence-electron chi connectivity index (χ4n) is 2.67. The summed E-state index contributed by atoms with van der Waals surface area (Å²) in [5, 5.41) is 0. The van der Waals surface area contributed by atoms with Crippen LogP contribution in [0.5, 0.6) is 0 Å². The third-order valence-electron chi connectivity index (χ3n) is 4.35. The maximum Gasteiger partial charge on any atom is 0.237 e. The molecule has 0 N–H and O–H groups in total. The molecule has 122 valence electrons. The normalized spacial score (nSPS) is 19.0. The molecule has 0 spiro atoms. The Hall–Kier alpha value is -1.40. The molecule has 6 heteroatoms. The van der Waals surface area contributed by atoms with Gasteiger partial charge in [0.15, 0.2) is 0 Å². The van der Waals surface area contributed by atoms with Gasteiger partial charge in [-0.3, -0.25) is 4.79 Å². The standard InChI is InChI=1S/C16H24N2O3S/c1-13-7-4-5-8-15(13)11-14(2)17(3)16(19)12-18-9-6-10-22(18,20)21/h4-5,7-8,14H,6,9-12H2,1-3H3/t14-/m0/s1. The van der Waals surface area contributed by atoms with E-state index >= 15 is 0 Å². The minimum atomic E-state index is -3.22. The van der Waals surface area contributed by atoms with Gasteiger partial charge in [-0.25, -0.2) is 8.42 Å². The summed E-state index contributed by atoms with van der Waals surface area (Å²) in [5.41, 5.74) is 2.42. The molecule has 1 aliphatic rings. The number of hydrogen-bond acceptors (Lipinski definition) is 3. The van der Waals surface area contributed by atoms with E-state index in [1.54, 1.807) is 11.9 Å². The molecular formula is C16H24N2O3S. The van der Waals surface area contributed by atoms with Crippen molar-refractivity contribution < 1.29 is 13.2 Å². The average molecular weight is 324 g/mol. The van der Waals surface area contributed by atoms with Crippen LogP contribution in [0, 0.1) is 6.92 Å². The number of amides is 1. The molecule has 0 radical (unpaired) electrons. The van der Waals surface area contributed by atoms with Crippen LogP contribution in [0.4, 0.5) is 0 Å². The zero-order valence-corrected chi connectivity index (χ0v) is 14.3. The number of nitrogens with zero attached hydrogens (tertiary/aromatic N) is 2. The molecule has 0 saturated carbocycles. The van der Waals surface area contributed by atoms with Crippen molar-refractivity contribution in [2.24, 2.45) is 0 Å². The first-order valence-corrected chi connectivity index (χ1v) is 9.20. The van der Waals surface area contributed by atoms with Gasteiger partial charge < -0.3 is 4.90 Å². The van der Waals surface area contributed by atoms with E-state index in [2.05, 4.69) is 19.1 Å². The highest BCUT2D eigenvalue weighted by atomic mass is 32.2. The first-order chi connectivity index (χ1) is 10.3. The van der Waals surface area contributed by atoms with Gasteiger partial charge in [-0.1, -0.05) is 24.3 Å². The molecule has 1 heterocycles. The van der Waals surface area contributed by atoms with E-state index in [0.29, 0.717) is 13.0 Å². The van der Waals surface area contributed by atoms with Crippen molar-refractivity contribution in [3.05, 3.63) is 35.4 Å². The second kappa shape index (κ2) is 6.79. The van der Waals surface area contributed by atoms with Crippen molar-refractivity contribution in [2.45, 2.75) is 32.7 Å². The smallest absolute Gasteiger partial charge is 0.237 e. The zero-order chi connectivity index (χ0) is 16.3. The summed E-state index contributed by atoms with van der Waals surface area (Å²) < 4.78 is 24.9. The summed E-state index contributed by atoms with van der Waals surface area (Å²) in [4.78, 5) is 14.0. The van der Waals surface area contributed by atoms with Crippen molar-refractivity contribution in [1.82, 2.24) is 9.21 Å². The summed E-state index contributed by atoms with van der Waals surface area (Å²) in [6.07, 6.45) is 1.37. The first-order valence-electron chi connectivity index (χ1n) is 7.59. The Bertz CT molecular complexity index is 643. The van der Waals surface area contributed by atoms with E-state index < -0.39 is 10.0 Å². The Balaban J connectivity index is 1.97. The highest BCUT2D eigenvalue weighted by Crippen LogP contribution is 2.15. The molecular weight excluding hydrogens is 300 g/mol. The van der Waals surface area contributed by atoms with Crippen molar-refractivity contribution in [1.29, 1.82) is 0 Å². The Morgan fingerprint density at radius 2 is 2.05 bits per heavy atom. The number of carbonyl (C=O) groups is 1. The molecule has 22 heavy (non-hydrogen) atoms. The number of carbonyl (C=O) groups excluding carboxylic acids is 1. The van der Waals surface area contributed by atoms with Crippen LogP contribution in [-0.2, 0) is 21.2 Å². The molecule has 1 amide bonds. The summed E-state index contributed by atoms with van der Waals surface area (Å²) in [6.45, 7) is 4.45. The van der Waals surface area contributed by atoms with Gasteiger partial charge in [-0.05, 0) is 37.8 Å². The van der Waals surface area contributed by atoms with Crippen molar-refractivity contribution >= 4 is 15.9 Å². The Kier molecular flexibility index (Phi) is 5.24. The number of aryl methyl sites for hydroxylation is 1. The third-order valence-corrected chi connectivity index (χ3v) is 6.25. The van der Waals surface area contributed by atoms with E-state index in [0.717, 1.165) is 6.42 Å². The molecule has 0 unspecified atom stereocenters. The number of benzene rings is 1. The van der Waals surface area contributed by atoms with Gasteiger partial charge in [-0.2, -0.15) is 4.31 Å². The second-order valence-corrected chi connectivity index (χ2v) is 8.08. The summed E-state index contributed by atoms with van der Waals surface area (Å²) >= 11 is 0. The first kappa shape index (κ1) is 17.0. The van der Waals surface area contributed by atoms with Crippen molar-refractivity contribution in [3.63, 3.8) is 0 Å². The second-order valence-electron chi connectivity index (χ2n) is 5.99. The van der Waals surface area contributed by atoms with Gasteiger partial charge in [-0.15, -0.1) is 0 Å². The molecule has 1 aromatic rings. The summed E-state index contributed by atoms with van der Waals surface area (Å²) in [5.74, 6) is 0.00881. The van der Waals surface area contributed by atoms with Crippen LogP contribution in [-0.4, -0.2) is 55.5 Å². The van der Waals surface area contributed by atoms with Crippen molar-refractivity contribution in [2.75, 3.05) is 25.9 Å². The van der Waals surface area contributed by atoms with E-state index in [-0.39, 0.29) is 24.2 Å². The lowest BCUT2D eigenvalue weighted by molar-refractivity contribution is -0.131. The Morgan fingerprint density at radius 1 is 1.36 bits per heavy atom. The molecule has 0 aliphatic carbocycles. The topological polar surface area (TPSA) is 57.7 Å². The van der Waals surface area contributed by atoms with Gasteiger partial charge in [0, 0.05) is 19.6 Å². The highest BCUT2D eigenvalue weighted by Gasteiger charge is 2.31. The fourth-order valence-corrected chi connectivity index (χ4v) is 4.14. The van der Waals surface area contributed by atoms with Crippen LogP contribution in [0.25, 0.3) is 0 Å². The molecule has 1 aromatic carbocycles. The van der Waals surface area contributed by atoms with E-state index in [4.69, 9.17) is 0 Å². The van der Waals surface area contributed by atoms with Crippen LogP contribution in [0.15, 0.2) is 24.3 Å². The van der Waals surface area contributed by atoms with Crippen LogP contribution >= 0.6 is 0 Å². The maximum atomic E-state index is 12.3. The van der Waals surface area contributed by atoms with Crippen molar-refractivity contribution in [3.8, 4) is 0 Å². The maximum absolute atomic E-state index is 12.3. The molecule has 2 rings (SSSR count). The van der Waals surface area contributed by atoms with E-state index in [1.807, 2.05) is 19.1 Å². The molecule has 1 atom stereocenters.